The zero-order chi connectivity index (χ0) is 18.4. The summed E-state index contributed by atoms with van der Waals surface area (Å²) in [5, 5.41) is 14.1. The predicted molar refractivity (Wildman–Crippen MR) is 101 cm³/mol. The third kappa shape index (κ3) is 5.84. The Morgan fingerprint density at radius 2 is 2.12 bits per heavy atom. The van der Waals surface area contributed by atoms with Gasteiger partial charge < -0.3 is 24.4 Å². The monoisotopic (exact) mass is 371 g/mol. The van der Waals surface area contributed by atoms with Gasteiger partial charge in [0.2, 0.25) is 0 Å². The molecule has 0 aromatic rings. The van der Waals surface area contributed by atoms with Crippen molar-refractivity contribution >= 4 is 0 Å². The minimum atomic E-state index is 0.116. The number of nitrogens with zero attached hydrogens (tertiary/aromatic N) is 1. The van der Waals surface area contributed by atoms with Gasteiger partial charge in [0.05, 0.1) is 37.7 Å². The highest BCUT2D eigenvalue weighted by atomic mass is 16.6. The number of hydrogen-bond donors (Lipinski definition) is 4. The average Bonchev–Trinajstić information content (AvgIpc) is 2.67. The van der Waals surface area contributed by atoms with Crippen LogP contribution < -0.4 is 21.3 Å². The highest BCUT2D eigenvalue weighted by Gasteiger charge is 2.34. The number of ether oxygens (including phenoxy) is 3. The van der Waals surface area contributed by atoms with Crippen LogP contribution in [0.15, 0.2) is 0 Å². The molecule has 1 aliphatic carbocycles. The van der Waals surface area contributed by atoms with E-state index in [0.29, 0.717) is 18.8 Å². The van der Waals surface area contributed by atoms with Crippen molar-refractivity contribution in [2.75, 3.05) is 54.1 Å². The van der Waals surface area contributed by atoms with Crippen LogP contribution in [0.25, 0.3) is 0 Å². The molecule has 0 spiro atoms. The van der Waals surface area contributed by atoms with E-state index in [9.17, 15) is 0 Å². The second-order valence-electron chi connectivity index (χ2n) is 7.76. The molecule has 2 saturated heterocycles. The summed E-state index contributed by atoms with van der Waals surface area (Å²) in [6.07, 6.45) is 5.13. The highest BCUT2D eigenvalue weighted by molar-refractivity contribution is 4.88. The average molecular weight is 372 g/mol. The van der Waals surface area contributed by atoms with Gasteiger partial charge in [-0.1, -0.05) is 0 Å². The molecule has 0 aromatic carbocycles. The Balaban J connectivity index is 1.46. The van der Waals surface area contributed by atoms with Crippen molar-refractivity contribution < 1.29 is 14.2 Å². The van der Waals surface area contributed by atoms with Crippen LogP contribution in [0.4, 0.5) is 0 Å². The molecule has 0 radical (unpaired) electrons. The summed E-state index contributed by atoms with van der Waals surface area (Å²) in [5.41, 5.74) is 0. The SMILES string of the molecule is CNC1CCNC(NC2CCC(OC)C(OC[C@H]3CN(C)CCO3)C2)N1. The molecule has 0 bridgehead atoms. The van der Waals surface area contributed by atoms with Gasteiger partial charge in [0.25, 0.3) is 0 Å². The minimum absolute atomic E-state index is 0.116. The second-order valence-corrected chi connectivity index (χ2v) is 7.76. The number of nitrogens with one attached hydrogen (secondary N) is 4. The Hall–Kier alpha value is -0.320. The van der Waals surface area contributed by atoms with E-state index < -0.39 is 0 Å². The van der Waals surface area contributed by atoms with Gasteiger partial charge in [0.1, 0.15) is 6.29 Å². The van der Waals surface area contributed by atoms with Crippen molar-refractivity contribution in [1.82, 2.24) is 26.2 Å². The standard InChI is InChI=1S/C18H37N5O3/c1-19-17-6-7-20-18(22-17)21-13-4-5-15(24-3)16(10-13)26-12-14-11-23(2)8-9-25-14/h13-22H,4-12H2,1-3H3/t13?,14-,15?,16?,17?,18?/m1/s1. The zero-order valence-electron chi connectivity index (χ0n) is 16.5. The molecule has 4 N–H and O–H groups in total. The topological polar surface area (TPSA) is 79.0 Å². The first kappa shape index (κ1) is 20.4. The van der Waals surface area contributed by atoms with Gasteiger partial charge in [-0.3, -0.25) is 16.0 Å². The van der Waals surface area contributed by atoms with Crippen LogP contribution in [0, 0.1) is 0 Å². The number of rotatable bonds is 7. The predicted octanol–water partition coefficient (Wildman–Crippen LogP) is -0.729. The molecule has 152 valence electrons. The second kappa shape index (κ2) is 10.3. The van der Waals surface area contributed by atoms with Gasteiger partial charge >= 0.3 is 0 Å². The van der Waals surface area contributed by atoms with E-state index in [1.165, 1.54) is 0 Å². The third-order valence-corrected chi connectivity index (χ3v) is 5.77. The van der Waals surface area contributed by atoms with Gasteiger partial charge in [-0.15, -0.1) is 0 Å². The smallest absolute Gasteiger partial charge is 0.113 e. The fourth-order valence-electron chi connectivity index (χ4n) is 4.18. The van der Waals surface area contributed by atoms with Crippen molar-refractivity contribution in [2.45, 2.75) is 62.5 Å². The van der Waals surface area contributed by atoms with Crippen molar-refractivity contribution in [2.24, 2.45) is 0 Å². The molecule has 3 fully saturated rings. The number of methoxy groups -OCH3 is 1. The van der Waals surface area contributed by atoms with Crippen LogP contribution >= 0.6 is 0 Å². The van der Waals surface area contributed by atoms with Crippen molar-refractivity contribution in [3.63, 3.8) is 0 Å². The molecule has 3 aliphatic rings. The van der Waals surface area contributed by atoms with Crippen LogP contribution in [0.3, 0.4) is 0 Å². The Morgan fingerprint density at radius 1 is 1.23 bits per heavy atom. The highest BCUT2D eigenvalue weighted by Crippen LogP contribution is 2.25. The van der Waals surface area contributed by atoms with Crippen molar-refractivity contribution in [3.8, 4) is 0 Å². The first-order valence-electron chi connectivity index (χ1n) is 10.0. The van der Waals surface area contributed by atoms with E-state index in [1.54, 1.807) is 7.11 Å². The zero-order valence-corrected chi connectivity index (χ0v) is 16.5. The molecule has 26 heavy (non-hydrogen) atoms. The van der Waals surface area contributed by atoms with E-state index in [1.807, 2.05) is 7.05 Å². The first-order valence-corrected chi connectivity index (χ1v) is 10.0. The molecule has 5 unspecified atom stereocenters. The molecule has 0 amide bonds. The number of likely N-dealkylation sites (N-methyl/N-ethyl adjacent to an activating group) is 1. The van der Waals surface area contributed by atoms with E-state index >= 15 is 0 Å². The summed E-state index contributed by atoms with van der Waals surface area (Å²) in [5.74, 6) is 0. The molecule has 2 heterocycles. The normalized spacial score (nSPS) is 39.8. The van der Waals surface area contributed by atoms with Crippen molar-refractivity contribution in [3.05, 3.63) is 0 Å². The molecule has 2 aliphatic heterocycles. The largest absolute Gasteiger partial charge is 0.379 e. The fourth-order valence-corrected chi connectivity index (χ4v) is 4.18. The van der Waals surface area contributed by atoms with Crippen LogP contribution in [0.2, 0.25) is 0 Å². The molecule has 8 nitrogen and oxygen atoms in total. The molecular weight excluding hydrogens is 334 g/mol. The summed E-state index contributed by atoms with van der Waals surface area (Å²) in [4.78, 5) is 2.30. The van der Waals surface area contributed by atoms with E-state index in [0.717, 1.165) is 51.9 Å². The third-order valence-electron chi connectivity index (χ3n) is 5.77. The summed E-state index contributed by atoms with van der Waals surface area (Å²) in [6.45, 7) is 4.38. The number of hydrogen-bond acceptors (Lipinski definition) is 8. The van der Waals surface area contributed by atoms with Crippen LogP contribution in [-0.4, -0.2) is 95.8 Å². The van der Waals surface area contributed by atoms with Crippen LogP contribution in [-0.2, 0) is 14.2 Å². The van der Waals surface area contributed by atoms with E-state index in [-0.39, 0.29) is 24.6 Å². The van der Waals surface area contributed by atoms with E-state index in [2.05, 4.69) is 33.2 Å². The maximum absolute atomic E-state index is 6.27. The van der Waals surface area contributed by atoms with Gasteiger partial charge in [-0.25, -0.2) is 0 Å². The van der Waals surface area contributed by atoms with Gasteiger partial charge in [0, 0.05) is 32.8 Å². The summed E-state index contributed by atoms with van der Waals surface area (Å²) < 4.78 is 17.8. The Labute approximate surface area is 157 Å². The Morgan fingerprint density at radius 3 is 2.88 bits per heavy atom. The van der Waals surface area contributed by atoms with E-state index in [4.69, 9.17) is 14.2 Å². The lowest BCUT2D eigenvalue weighted by Crippen LogP contribution is -2.66. The van der Waals surface area contributed by atoms with Crippen LogP contribution in [0.1, 0.15) is 25.7 Å². The summed E-state index contributed by atoms with van der Waals surface area (Å²) in [6, 6.07) is 0.418. The summed E-state index contributed by atoms with van der Waals surface area (Å²) >= 11 is 0. The molecule has 6 atom stereocenters. The fraction of sp³-hybridized carbons (Fsp3) is 1.00. The summed E-state index contributed by atoms with van der Waals surface area (Å²) in [7, 11) is 5.93. The minimum Gasteiger partial charge on any atom is -0.379 e. The van der Waals surface area contributed by atoms with Crippen LogP contribution in [0.5, 0.6) is 0 Å². The lowest BCUT2D eigenvalue weighted by Gasteiger charge is -2.40. The molecular formula is C18H37N5O3. The van der Waals surface area contributed by atoms with Gasteiger partial charge in [-0.2, -0.15) is 0 Å². The lowest BCUT2D eigenvalue weighted by atomic mass is 9.90. The Kier molecular flexibility index (Phi) is 8.08. The molecule has 0 aromatic heterocycles. The lowest BCUT2D eigenvalue weighted by molar-refractivity contribution is -0.125. The quantitative estimate of drug-likeness (QED) is 0.467. The Bertz CT molecular complexity index is 416. The van der Waals surface area contributed by atoms with Gasteiger partial charge in [0.15, 0.2) is 0 Å². The maximum Gasteiger partial charge on any atom is 0.113 e. The molecule has 3 rings (SSSR count). The van der Waals surface area contributed by atoms with Crippen molar-refractivity contribution in [1.29, 1.82) is 0 Å². The first-order chi connectivity index (χ1) is 12.7. The molecule has 8 heteroatoms. The number of morpholine rings is 1. The van der Waals surface area contributed by atoms with Gasteiger partial charge in [-0.05, 0) is 39.8 Å². The maximum atomic E-state index is 6.27. The molecule has 1 saturated carbocycles.